The average Bonchev–Trinajstić information content (AvgIpc) is 3.05. The van der Waals surface area contributed by atoms with Crippen LogP contribution in [0.15, 0.2) is 45.8 Å². The van der Waals surface area contributed by atoms with E-state index in [-0.39, 0.29) is 18.3 Å². The Kier molecular flexibility index (Phi) is 4.27. The number of nitro groups is 1. The molecule has 0 bridgehead atoms. The zero-order valence-electron chi connectivity index (χ0n) is 13.0. The monoisotopic (exact) mass is 359 g/mol. The molecule has 2 aromatic heterocycles. The first-order valence-corrected chi connectivity index (χ1v) is 7.12. The summed E-state index contributed by atoms with van der Waals surface area (Å²) in [4.78, 5) is 37.8. The minimum atomic E-state index is -1.09. The Balaban J connectivity index is 1.96. The molecular formula is C15H10FN5O5. The van der Waals surface area contributed by atoms with Crippen LogP contribution in [-0.4, -0.2) is 25.5 Å². The summed E-state index contributed by atoms with van der Waals surface area (Å²) in [5.74, 6) is -1.42. The van der Waals surface area contributed by atoms with Gasteiger partial charge in [-0.05, 0) is 24.3 Å². The molecule has 0 aliphatic heterocycles. The number of nitrogens with zero attached hydrogens (tertiary/aromatic N) is 4. The van der Waals surface area contributed by atoms with Gasteiger partial charge in [0.2, 0.25) is 0 Å². The number of rotatable bonds is 5. The van der Waals surface area contributed by atoms with Crippen LogP contribution in [0.4, 0.5) is 10.1 Å². The average molecular weight is 359 g/mol. The molecule has 0 aliphatic rings. The highest BCUT2D eigenvalue weighted by Gasteiger charge is 2.19. The molecule has 0 spiro atoms. The van der Waals surface area contributed by atoms with E-state index in [2.05, 4.69) is 10.1 Å². The Bertz CT molecular complexity index is 1060. The summed E-state index contributed by atoms with van der Waals surface area (Å²) in [6, 6.07) is 6.09. The van der Waals surface area contributed by atoms with Crippen molar-refractivity contribution in [1.29, 1.82) is 0 Å². The highest BCUT2D eigenvalue weighted by atomic mass is 19.1. The molecule has 3 rings (SSSR count). The van der Waals surface area contributed by atoms with Gasteiger partial charge < -0.3 is 14.8 Å². The van der Waals surface area contributed by atoms with Crippen LogP contribution >= 0.6 is 0 Å². The van der Waals surface area contributed by atoms with E-state index in [1.54, 1.807) is 0 Å². The van der Waals surface area contributed by atoms with Gasteiger partial charge in [0.15, 0.2) is 5.82 Å². The van der Waals surface area contributed by atoms with Crippen molar-refractivity contribution >= 4 is 11.6 Å². The Hall–Kier alpha value is -3.89. The molecule has 10 nitrogen and oxygen atoms in total. The van der Waals surface area contributed by atoms with Gasteiger partial charge in [0.25, 0.3) is 23.0 Å². The molecule has 0 radical (unpaired) electrons. The van der Waals surface area contributed by atoms with Gasteiger partial charge in [0.1, 0.15) is 11.4 Å². The van der Waals surface area contributed by atoms with Crippen molar-refractivity contribution < 1.29 is 18.6 Å². The van der Waals surface area contributed by atoms with E-state index in [0.29, 0.717) is 5.56 Å². The molecule has 1 amide bonds. The first-order valence-electron chi connectivity index (χ1n) is 7.12. The second kappa shape index (κ2) is 6.55. The summed E-state index contributed by atoms with van der Waals surface area (Å²) in [5.41, 5.74) is 3.70. The first kappa shape index (κ1) is 17.0. The number of pyridine rings is 1. The molecule has 0 unspecified atom stereocenters. The molecule has 0 saturated heterocycles. The summed E-state index contributed by atoms with van der Waals surface area (Å²) in [5, 5.41) is 14.6. The van der Waals surface area contributed by atoms with Crippen molar-refractivity contribution in [3.8, 4) is 11.5 Å². The first-order chi connectivity index (χ1) is 12.3. The van der Waals surface area contributed by atoms with E-state index in [9.17, 15) is 24.1 Å². The molecule has 2 N–H and O–H groups in total. The smallest absolute Gasteiger partial charge is 0.286 e. The Labute approximate surface area is 143 Å². The predicted octanol–water partition coefficient (Wildman–Crippen LogP) is 1.09. The molecule has 3 aromatic rings. The van der Waals surface area contributed by atoms with Crippen LogP contribution in [-0.2, 0) is 6.54 Å². The number of hydrogen-bond acceptors (Lipinski definition) is 7. The fourth-order valence-electron chi connectivity index (χ4n) is 2.19. The third kappa shape index (κ3) is 3.31. The zero-order valence-corrected chi connectivity index (χ0v) is 13.0. The summed E-state index contributed by atoms with van der Waals surface area (Å²) in [6.07, 6.45) is 0.947. The standard InChI is InChI=1S/C15H10FN5O5/c16-9-3-1-8(2-4-9)14-18-12(19-26-14)7-20-6-10(21(24)25)5-11(13(17)22)15(20)23/h1-6H,7H2,(H2,17,22). The molecule has 2 heterocycles. The van der Waals surface area contributed by atoms with Crippen molar-refractivity contribution in [3.05, 3.63) is 74.2 Å². The van der Waals surface area contributed by atoms with Crippen LogP contribution in [0.25, 0.3) is 11.5 Å². The molecule has 0 aliphatic carbocycles. The van der Waals surface area contributed by atoms with Crippen LogP contribution in [0.2, 0.25) is 0 Å². The van der Waals surface area contributed by atoms with Gasteiger partial charge in [-0.15, -0.1) is 0 Å². The second-order valence-electron chi connectivity index (χ2n) is 5.19. The van der Waals surface area contributed by atoms with E-state index < -0.39 is 33.5 Å². The normalized spacial score (nSPS) is 10.7. The van der Waals surface area contributed by atoms with Crippen LogP contribution in [0.3, 0.4) is 0 Å². The topological polar surface area (TPSA) is 147 Å². The van der Waals surface area contributed by atoms with Crippen molar-refractivity contribution in [3.63, 3.8) is 0 Å². The van der Waals surface area contributed by atoms with Gasteiger partial charge in [-0.1, -0.05) is 5.16 Å². The third-order valence-corrected chi connectivity index (χ3v) is 3.42. The lowest BCUT2D eigenvalue weighted by Gasteiger charge is -2.04. The SMILES string of the molecule is NC(=O)c1cc([N+](=O)[O-])cn(Cc2noc(-c3ccc(F)cc3)n2)c1=O. The Morgan fingerprint density at radius 2 is 2.04 bits per heavy atom. The molecule has 0 saturated carbocycles. The zero-order chi connectivity index (χ0) is 18.8. The Morgan fingerprint density at radius 1 is 1.35 bits per heavy atom. The van der Waals surface area contributed by atoms with E-state index in [1.165, 1.54) is 24.3 Å². The largest absolute Gasteiger partial charge is 0.365 e. The molecule has 11 heteroatoms. The number of aromatic nitrogens is 3. The van der Waals surface area contributed by atoms with E-state index in [4.69, 9.17) is 10.3 Å². The number of halogens is 1. The van der Waals surface area contributed by atoms with Gasteiger partial charge in [-0.2, -0.15) is 4.98 Å². The van der Waals surface area contributed by atoms with Gasteiger partial charge in [0.05, 0.1) is 17.7 Å². The van der Waals surface area contributed by atoms with Crippen molar-refractivity contribution in [1.82, 2.24) is 14.7 Å². The quantitative estimate of drug-likeness (QED) is 0.529. The number of hydrogen-bond donors (Lipinski definition) is 1. The number of amides is 1. The van der Waals surface area contributed by atoms with Gasteiger partial charge in [0, 0.05) is 11.6 Å². The van der Waals surface area contributed by atoms with Crippen LogP contribution < -0.4 is 11.3 Å². The van der Waals surface area contributed by atoms with E-state index >= 15 is 0 Å². The molecule has 26 heavy (non-hydrogen) atoms. The minimum Gasteiger partial charge on any atom is -0.365 e. The lowest BCUT2D eigenvalue weighted by atomic mass is 10.2. The van der Waals surface area contributed by atoms with Gasteiger partial charge in [-0.3, -0.25) is 19.7 Å². The molecular weight excluding hydrogens is 349 g/mol. The second-order valence-corrected chi connectivity index (χ2v) is 5.19. The molecule has 132 valence electrons. The summed E-state index contributed by atoms with van der Waals surface area (Å²) in [6.45, 7) is -0.286. The number of carbonyl (C=O) groups is 1. The van der Waals surface area contributed by atoms with E-state index in [0.717, 1.165) is 16.8 Å². The lowest BCUT2D eigenvalue weighted by molar-refractivity contribution is -0.385. The fourth-order valence-corrected chi connectivity index (χ4v) is 2.19. The number of nitrogens with two attached hydrogens (primary N) is 1. The summed E-state index contributed by atoms with van der Waals surface area (Å²) >= 11 is 0. The van der Waals surface area contributed by atoms with Crippen molar-refractivity contribution in [2.24, 2.45) is 5.73 Å². The summed E-state index contributed by atoms with van der Waals surface area (Å²) < 4.78 is 18.9. The van der Waals surface area contributed by atoms with Crippen LogP contribution in [0.1, 0.15) is 16.2 Å². The minimum absolute atomic E-state index is 0.0299. The maximum atomic E-state index is 12.9. The van der Waals surface area contributed by atoms with Gasteiger partial charge in [-0.25, -0.2) is 4.39 Å². The van der Waals surface area contributed by atoms with Crippen molar-refractivity contribution in [2.75, 3.05) is 0 Å². The van der Waals surface area contributed by atoms with Crippen molar-refractivity contribution in [2.45, 2.75) is 6.54 Å². The highest BCUT2D eigenvalue weighted by molar-refractivity contribution is 5.92. The number of primary amides is 1. The molecule has 1 aromatic carbocycles. The van der Waals surface area contributed by atoms with E-state index in [1.807, 2.05) is 0 Å². The molecule has 0 atom stereocenters. The fraction of sp³-hybridized carbons (Fsp3) is 0.0667. The maximum absolute atomic E-state index is 12.9. The highest BCUT2D eigenvalue weighted by Crippen LogP contribution is 2.18. The molecule has 0 fully saturated rings. The summed E-state index contributed by atoms with van der Waals surface area (Å²) in [7, 11) is 0. The number of benzene rings is 1. The predicted molar refractivity (Wildman–Crippen MR) is 84.7 cm³/mol. The maximum Gasteiger partial charge on any atom is 0.286 e. The van der Waals surface area contributed by atoms with Crippen LogP contribution in [0.5, 0.6) is 0 Å². The van der Waals surface area contributed by atoms with Gasteiger partial charge >= 0.3 is 0 Å². The number of carbonyl (C=O) groups excluding carboxylic acids is 1. The van der Waals surface area contributed by atoms with Crippen LogP contribution in [0, 0.1) is 15.9 Å². The third-order valence-electron chi connectivity index (χ3n) is 3.42. The lowest BCUT2D eigenvalue weighted by Crippen LogP contribution is -2.30. The Morgan fingerprint density at radius 3 is 2.65 bits per heavy atom.